The predicted molar refractivity (Wildman–Crippen MR) is 162 cm³/mol. The van der Waals surface area contributed by atoms with Crippen LogP contribution >= 0.6 is 0 Å². The van der Waals surface area contributed by atoms with Crippen LogP contribution in [0.15, 0.2) is 85.3 Å². The van der Waals surface area contributed by atoms with Gasteiger partial charge < -0.3 is 10.1 Å². The summed E-state index contributed by atoms with van der Waals surface area (Å²) in [5, 5.41) is 3.00. The number of carbonyl (C=O) groups is 1. The van der Waals surface area contributed by atoms with E-state index in [0.29, 0.717) is 29.5 Å². The van der Waals surface area contributed by atoms with Gasteiger partial charge in [-0.15, -0.1) is 0 Å². The van der Waals surface area contributed by atoms with Crippen molar-refractivity contribution < 1.29 is 17.9 Å². The first-order valence-corrected chi connectivity index (χ1v) is 15.5. The van der Waals surface area contributed by atoms with E-state index in [2.05, 4.69) is 29.9 Å². The molecule has 0 spiro atoms. The van der Waals surface area contributed by atoms with Gasteiger partial charge in [-0.3, -0.25) is 24.5 Å². The molecule has 1 saturated heterocycles. The normalized spacial score (nSPS) is 14.2. The summed E-state index contributed by atoms with van der Waals surface area (Å²) in [4.78, 5) is 30.8. The van der Waals surface area contributed by atoms with Gasteiger partial charge in [-0.2, -0.15) is 0 Å². The second-order valence-corrected chi connectivity index (χ2v) is 11.9. The molecule has 2 aromatic heterocycles. The number of aryl methyl sites for hydroxylation is 1. The number of nitrogens with zero attached hydrogens (tertiary/aromatic N) is 5. The van der Waals surface area contributed by atoms with Crippen LogP contribution in [0.2, 0.25) is 0 Å². The Hall–Kier alpha value is -4.55. The number of hydrogen-bond acceptors (Lipinski definition) is 8. The van der Waals surface area contributed by atoms with Crippen molar-refractivity contribution in [3.05, 3.63) is 96.7 Å². The minimum atomic E-state index is -3.34. The number of anilines is 3. The zero-order valence-corrected chi connectivity index (χ0v) is 24.3. The summed E-state index contributed by atoms with van der Waals surface area (Å²) in [5.74, 6) is 0.860. The average Bonchev–Trinajstić information content (AvgIpc) is 2.97. The number of carbonyl (C=O) groups excluding carboxylic acids is 1. The lowest BCUT2D eigenvalue weighted by atomic mass is 10.0. The Kier molecular flexibility index (Phi) is 8.94. The number of pyridine rings is 1. The maximum Gasteiger partial charge on any atom is 0.326 e. The van der Waals surface area contributed by atoms with Crippen molar-refractivity contribution in [1.29, 1.82) is 0 Å². The van der Waals surface area contributed by atoms with Gasteiger partial charge in [-0.25, -0.2) is 18.2 Å². The summed E-state index contributed by atoms with van der Waals surface area (Å²) in [6.45, 7) is 4.16. The molecule has 0 bridgehead atoms. The Morgan fingerprint density at radius 3 is 2.26 bits per heavy atom. The molecule has 0 unspecified atom stereocenters. The van der Waals surface area contributed by atoms with Crippen molar-refractivity contribution in [2.75, 3.05) is 34.3 Å². The van der Waals surface area contributed by atoms with Crippen LogP contribution < -0.4 is 19.7 Å². The largest absolute Gasteiger partial charge is 0.438 e. The number of ether oxygens (including phenoxy) is 1. The minimum absolute atomic E-state index is 0.0444. The Labute approximate surface area is 245 Å². The molecule has 0 aliphatic carbocycles. The lowest BCUT2D eigenvalue weighted by molar-refractivity contribution is 0.197. The van der Waals surface area contributed by atoms with Crippen molar-refractivity contribution >= 4 is 33.1 Å². The predicted octanol–water partition coefficient (Wildman–Crippen LogP) is 5.05. The highest BCUT2D eigenvalue weighted by Crippen LogP contribution is 2.26. The number of amides is 2. The molecule has 11 nitrogen and oxygen atoms in total. The quantitative estimate of drug-likeness (QED) is 0.278. The third-order valence-corrected chi connectivity index (χ3v) is 7.39. The molecule has 2 amide bonds. The number of rotatable bonds is 9. The van der Waals surface area contributed by atoms with Crippen molar-refractivity contribution in [3.8, 4) is 11.6 Å². The fourth-order valence-corrected chi connectivity index (χ4v) is 5.34. The van der Waals surface area contributed by atoms with Gasteiger partial charge in [0.15, 0.2) is 0 Å². The van der Waals surface area contributed by atoms with Gasteiger partial charge in [-0.1, -0.05) is 18.2 Å². The van der Waals surface area contributed by atoms with Crippen LogP contribution in [0.3, 0.4) is 0 Å². The summed E-state index contributed by atoms with van der Waals surface area (Å²) in [6, 6.07) is 19.9. The first-order chi connectivity index (χ1) is 20.2. The number of para-hydroxylation sites is 1. The number of sulfonamides is 1. The van der Waals surface area contributed by atoms with Crippen LogP contribution in [0.5, 0.6) is 11.6 Å². The minimum Gasteiger partial charge on any atom is -0.438 e. The van der Waals surface area contributed by atoms with E-state index in [9.17, 15) is 13.2 Å². The van der Waals surface area contributed by atoms with Crippen LogP contribution in [0.4, 0.5) is 21.9 Å². The van der Waals surface area contributed by atoms with E-state index in [1.807, 2.05) is 54.3 Å². The van der Waals surface area contributed by atoms with E-state index < -0.39 is 10.0 Å². The summed E-state index contributed by atoms with van der Waals surface area (Å²) < 4.78 is 30.9. The van der Waals surface area contributed by atoms with Crippen LogP contribution in [0.25, 0.3) is 0 Å². The number of urea groups is 1. The number of benzene rings is 2. The fraction of sp³-hybridized carbons (Fsp3) is 0.267. The molecule has 2 N–H and O–H groups in total. The molecule has 0 saturated carbocycles. The second kappa shape index (κ2) is 13.0. The monoisotopic (exact) mass is 587 g/mol. The van der Waals surface area contributed by atoms with Crippen molar-refractivity contribution in [3.63, 3.8) is 0 Å². The second-order valence-electron chi connectivity index (χ2n) is 10.2. The molecule has 2 aromatic carbocycles. The maximum absolute atomic E-state index is 13.4. The van der Waals surface area contributed by atoms with Gasteiger partial charge in [0.1, 0.15) is 5.75 Å². The molecule has 5 rings (SSSR count). The summed E-state index contributed by atoms with van der Waals surface area (Å²) in [7, 11) is -3.34. The maximum atomic E-state index is 13.4. The first-order valence-electron chi connectivity index (χ1n) is 13.6. The van der Waals surface area contributed by atoms with Gasteiger partial charge in [-0.05, 0) is 68.3 Å². The van der Waals surface area contributed by atoms with Crippen LogP contribution in [0.1, 0.15) is 24.2 Å². The molecule has 1 fully saturated rings. The molecule has 0 radical (unpaired) electrons. The Morgan fingerprint density at radius 2 is 1.64 bits per heavy atom. The lowest BCUT2D eigenvalue weighted by Gasteiger charge is -2.38. The molecular weight excluding hydrogens is 554 g/mol. The fourth-order valence-electron chi connectivity index (χ4n) is 4.78. The summed E-state index contributed by atoms with van der Waals surface area (Å²) in [5.41, 5.74) is 3.68. The highest BCUT2D eigenvalue weighted by Gasteiger charge is 2.29. The average molecular weight is 588 g/mol. The molecule has 218 valence electrons. The third kappa shape index (κ3) is 8.02. The third-order valence-electron chi connectivity index (χ3n) is 6.79. The van der Waals surface area contributed by atoms with E-state index in [1.165, 1.54) is 0 Å². The lowest BCUT2D eigenvalue weighted by Crippen LogP contribution is -2.49. The Balaban J connectivity index is 1.16. The molecule has 4 aromatic rings. The van der Waals surface area contributed by atoms with Gasteiger partial charge in [0.2, 0.25) is 15.9 Å². The van der Waals surface area contributed by atoms with Crippen molar-refractivity contribution in [2.24, 2.45) is 0 Å². The van der Waals surface area contributed by atoms with E-state index in [-0.39, 0.29) is 12.1 Å². The van der Waals surface area contributed by atoms with Crippen LogP contribution in [0, 0.1) is 6.92 Å². The molecule has 1 aliphatic heterocycles. The van der Waals surface area contributed by atoms with Gasteiger partial charge >= 0.3 is 6.03 Å². The van der Waals surface area contributed by atoms with Gasteiger partial charge in [0.05, 0.1) is 36.2 Å². The molecule has 42 heavy (non-hydrogen) atoms. The smallest absolute Gasteiger partial charge is 0.326 e. The van der Waals surface area contributed by atoms with E-state index in [4.69, 9.17) is 4.74 Å². The number of piperidine rings is 1. The van der Waals surface area contributed by atoms with Gasteiger partial charge in [0.25, 0.3) is 0 Å². The summed E-state index contributed by atoms with van der Waals surface area (Å²) >= 11 is 0. The number of aromatic nitrogens is 3. The highest BCUT2D eigenvalue weighted by molar-refractivity contribution is 7.92. The molecule has 1 aliphatic rings. The van der Waals surface area contributed by atoms with E-state index in [0.717, 1.165) is 49.3 Å². The van der Waals surface area contributed by atoms with E-state index in [1.54, 1.807) is 42.9 Å². The zero-order valence-electron chi connectivity index (χ0n) is 23.5. The Bertz CT molecular complexity index is 1580. The highest BCUT2D eigenvalue weighted by atomic mass is 32.2. The van der Waals surface area contributed by atoms with Crippen LogP contribution in [-0.4, -0.2) is 59.7 Å². The first kappa shape index (κ1) is 29.0. The van der Waals surface area contributed by atoms with E-state index >= 15 is 0 Å². The number of nitrogens with one attached hydrogen (secondary N) is 2. The Morgan fingerprint density at radius 1 is 0.929 bits per heavy atom. The van der Waals surface area contributed by atoms with Crippen molar-refractivity contribution in [1.82, 2.24) is 19.9 Å². The SMILES string of the molecule is Cc1ccc(NC(=O)N(c2ccccc2)C2CCN(Cc3cnc(Oc4ccc(NS(C)(=O)=O)cc4)cn3)CC2)cn1. The summed E-state index contributed by atoms with van der Waals surface area (Å²) in [6.07, 6.45) is 7.67. The molecule has 0 atom stereocenters. The zero-order chi connectivity index (χ0) is 29.5. The molecule has 3 heterocycles. The van der Waals surface area contributed by atoms with Gasteiger partial charge in [0, 0.05) is 42.7 Å². The number of hydrogen-bond donors (Lipinski definition) is 2. The van der Waals surface area contributed by atoms with Crippen molar-refractivity contribution in [2.45, 2.75) is 32.4 Å². The molecule has 12 heteroatoms. The topological polar surface area (TPSA) is 130 Å². The standard InChI is InChI=1S/C30H33N7O4S/c1-22-8-9-24(18-31-22)34-30(38)37(26-6-4-3-5-7-26)27-14-16-36(17-15-27)21-25-19-33-29(20-32-25)41-28-12-10-23(11-13-28)35-42(2,39)40/h3-13,18-20,27,35H,14-17,21H2,1-2H3,(H,34,38). The van der Waals surface area contributed by atoms with Crippen LogP contribution in [-0.2, 0) is 16.6 Å². The molecular formula is C30H33N7O4S. The number of likely N-dealkylation sites (tertiary alicyclic amines) is 1.